The first kappa shape index (κ1) is 22.8. The first-order valence-corrected chi connectivity index (χ1v) is 9.58. The second kappa shape index (κ2) is 11.5. The molecule has 0 amide bonds. The second-order valence-electron chi connectivity index (χ2n) is 6.01. The monoisotopic (exact) mass is 445 g/mol. The number of nitrogens with one attached hydrogen (secondary N) is 2. The van der Waals surface area contributed by atoms with Gasteiger partial charge < -0.3 is 10.6 Å². The molecule has 0 aliphatic heterocycles. The number of hydrogen-bond donors (Lipinski definition) is 2. The molecule has 0 atom stereocenters. The van der Waals surface area contributed by atoms with Crippen LogP contribution >= 0.6 is 36.2 Å². The van der Waals surface area contributed by atoms with Crippen molar-refractivity contribution in [3.05, 3.63) is 89.6 Å². The van der Waals surface area contributed by atoms with Crippen molar-refractivity contribution in [2.75, 3.05) is 5.32 Å². The van der Waals surface area contributed by atoms with Gasteiger partial charge in [-0.3, -0.25) is 0 Å². The highest BCUT2D eigenvalue weighted by molar-refractivity contribution is 7.13. The Kier molecular flexibility index (Phi) is 9.02. The van der Waals surface area contributed by atoms with E-state index < -0.39 is 0 Å². The fourth-order valence-corrected chi connectivity index (χ4v) is 3.26. The van der Waals surface area contributed by atoms with Crippen LogP contribution in [0.2, 0.25) is 0 Å². The van der Waals surface area contributed by atoms with Gasteiger partial charge in [-0.15, -0.1) is 36.2 Å². The second-order valence-corrected chi connectivity index (χ2v) is 6.91. The molecule has 0 fully saturated rings. The summed E-state index contributed by atoms with van der Waals surface area (Å²) in [6, 6.07) is 20.3. The van der Waals surface area contributed by atoms with Gasteiger partial charge in [-0.25, -0.2) is 15.0 Å². The van der Waals surface area contributed by atoms with Gasteiger partial charge in [0.15, 0.2) is 0 Å². The number of pyridine rings is 2. The van der Waals surface area contributed by atoms with Crippen LogP contribution in [-0.2, 0) is 13.1 Å². The zero-order valence-corrected chi connectivity index (χ0v) is 17.9. The van der Waals surface area contributed by atoms with Crippen LogP contribution in [0.5, 0.6) is 0 Å². The van der Waals surface area contributed by atoms with Crippen LogP contribution in [0.1, 0.15) is 11.1 Å². The van der Waals surface area contributed by atoms with Crippen LogP contribution in [0.15, 0.2) is 78.4 Å². The van der Waals surface area contributed by atoms with E-state index in [9.17, 15) is 0 Å². The van der Waals surface area contributed by atoms with E-state index in [2.05, 4.69) is 55.9 Å². The van der Waals surface area contributed by atoms with Crippen molar-refractivity contribution in [3.63, 3.8) is 0 Å². The zero-order chi connectivity index (χ0) is 18.3. The molecule has 0 spiro atoms. The minimum atomic E-state index is 0. The van der Waals surface area contributed by atoms with Crippen LogP contribution in [0, 0.1) is 0 Å². The number of nitrogens with zero attached hydrogens (tertiary/aromatic N) is 3. The average Bonchev–Trinajstić information content (AvgIpc) is 3.25. The molecule has 0 unspecified atom stereocenters. The molecule has 150 valence electrons. The third kappa shape index (κ3) is 6.51. The quantitative estimate of drug-likeness (QED) is 0.394. The minimum Gasteiger partial charge on any atom is -0.325 e. The molecule has 4 aromatic rings. The van der Waals surface area contributed by atoms with E-state index in [1.807, 2.05) is 41.9 Å². The molecule has 0 saturated carbocycles. The smallest absolute Gasteiger partial charge is 0.141 e. The van der Waals surface area contributed by atoms with Crippen molar-refractivity contribution >= 4 is 47.8 Å². The first-order valence-electron chi connectivity index (χ1n) is 8.70. The maximum Gasteiger partial charge on any atom is 0.141 e. The predicted molar refractivity (Wildman–Crippen MR) is 124 cm³/mol. The SMILES string of the molecule is Cl.Cl.c1ccc(CNCc2ccc(Nc3cccc(-c4nccs4)n3)nc2)cc1. The maximum absolute atomic E-state index is 4.60. The van der Waals surface area contributed by atoms with Gasteiger partial charge in [0.25, 0.3) is 0 Å². The topological polar surface area (TPSA) is 62.7 Å². The van der Waals surface area contributed by atoms with Crippen molar-refractivity contribution in [1.29, 1.82) is 0 Å². The Morgan fingerprint density at radius 2 is 1.59 bits per heavy atom. The van der Waals surface area contributed by atoms with Crippen molar-refractivity contribution in [2.24, 2.45) is 0 Å². The van der Waals surface area contributed by atoms with Crippen molar-refractivity contribution < 1.29 is 0 Å². The van der Waals surface area contributed by atoms with Gasteiger partial charge in [0, 0.05) is 30.9 Å². The Balaban J connectivity index is 0.00000150. The summed E-state index contributed by atoms with van der Waals surface area (Å²) in [6.45, 7) is 1.62. The summed E-state index contributed by atoms with van der Waals surface area (Å²) in [5, 5.41) is 9.54. The van der Waals surface area contributed by atoms with E-state index >= 15 is 0 Å². The van der Waals surface area contributed by atoms with Crippen molar-refractivity contribution in [2.45, 2.75) is 13.1 Å². The van der Waals surface area contributed by atoms with Crippen LogP contribution in [0.25, 0.3) is 10.7 Å². The van der Waals surface area contributed by atoms with E-state index in [1.165, 1.54) is 5.56 Å². The Morgan fingerprint density at radius 1 is 0.759 bits per heavy atom. The molecule has 0 aliphatic rings. The van der Waals surface area contributed by atoms with Gasteiger partial charge in [-0.1, -0.05) is 42.5 Å². The van der Waals surface area contributed by atoms with E-state index in [-0.39, 0.29) is 24.8 Å². The van der Waals surface area contributed by atoms with E-state index in [1.54, 1.807) is 17.5 Å². The fourth-order valence-electron chi connectivity index (χ4n) is 2.65. The summed E-state index contributed by atoms with van der Waals surface area (Å²) < 4.78 is 0. The van der Waals surface area contributed by atoms with Gasteiger partial charge in [0.05, 0.1) is 0 Å². The Morgan fingerprint density at radius 3 is 2.31 bits per heavy atom. The molecule has 3 heterocycles. The average molecular weight is 446 g/mol. The van der Waals surface area contributed by atoms with Gasteiger partial charge >= 0.3 is 0 Å². The van der Waals surface area contributed by atoms with Crippen LogP contribution < -0.4 is 10.6 Å². The number of anilines is 2. The third-order valence-corrected chi connectivity index (χ3v) is 4.78. The predicted octanol–water partition coefficient (Wildman–Crippen LogP) is 5.48. The molecule has 2 N–H and O–H groups in total. The highest BCUT2D eigenvalue weighted by Gasteiger charge is 2.04. The molecule has 4 rings (SSSR count). The molecule has 0 bridgehead atoms. The van der Waals surface area contributed by atoms with Gasteiger partial charge in [-0.05, 0) is 29.3 Å². The summed E-state index contributed by atoms with van der Waals surface area (Å²) in [6.07, 6.45) is 3.67. The molecule has 0 aliphatic carbocycles. The number of benzene rings is 1. The lowest BCUT2D eigenvalue weighted by Crippen LogP contribution is -2.12. The summed E-state index contributed by atoms with van der Waals surface area (Å²) in [5.41, 5.74) is 3.27. The molecule has 3 aromatic heterocycles. The van der Waals surface area contributed by atoms with E-state index in [0.29, 0.717) is 0 Å². The highest BCUT2D eigenvalue weighted by atomic mass is 35.5. The van der Waals surface area contributed by atoms with Crippen LogP contribution in [0.3, 0.4) is 0 Å². The van der Waals surface area contributed by atoms with Crippen LogP contribution in [0.4, 0.5) is 11.6 Å². The van der Waals surface area contributed by atoms with E-state index in [0.717, 1.165) is 41.0 Å². The summed E-state index contributed by atoms with van der Waals surface area (Å²) >= 11 is 1.57. The Bertz CT molecular complexity index is 980. The molecule has 8 heteroatoms. The Labute approximate surface area is 186 Å². The van der Waals surface area contributed by atoms with Gasteiger partial charge in [0.2, 0.25) is 0 Å². The standard InChI is InChI=1S/C21H19N5S.2ClH/c1-2-5-16(6-3-1)13-22-14-17-9-10-19(24-15-17)26-20-8-4-7-18(25-20)21-23-11-12-27-21;;/h1-12,15,22H,13-14H2,(H,24,25,26);2*1H. The van der Waals surface area contributed by atoms with Crippen LogP contribution in [-0.4, -0.2) is 15.0 Å². The number of halogens is 2. The number of aromatic nitrogens is 3. The minimum absolute atomic E-state index is 0. The van der Waals surface area contributed by atoms with Gasteiger partial charge in [0.1, 0.15) is 22.3 Å². The lowest BCUT2D eigenvalue weighted by molar-refractivity contribution is 0.691. The molecule has 0 saturated heterocycles. The first-order chi connectivity index (χ1) is 13.4. The number of hydrogen-bond acceptors (Lipinski definition) is 6. The summed E-state index contributed by atoms with van der Waals surface area (Å²) in [5.74, 6) is 1.52. The molecule has 0 radical (unpaired) electrons. The lowest BCUT2D eigenvalue weighted by atomic mass is 10.2. The number of thiazole rings is 1. The fraction of sp³-hybridized carbons (Fsp3) is 0.0952. The normalized spacial score (nSPS) is 9.93. The van der Waals surface area contributed by atoms with E-state index in [4.69, 9.17) is 0 Å². The molecular formula is C21H21Cl2N5S. The van der Waals surface area contributed by atoms with Gasteiger partial charge in [-0.2, -0.15) is 0 Å². The molecule has 5 nitrogen and oxygen atoms in total. The molecule has 1 aromatic carbocycles. The maximum atomic E-state index is 4.60. The van der Waals surface area contributed by atoms with Crippen molar-refractivity contribution in [1.82, 2.24) is 20.3 Å². The highest BCUT2D eigenvalue weighted by Crippen LogP contribution is 2.22. The Hall–Kier alpha value is -2.51. The van der Waals surface area contributed by atoms with Crippen molar-refractivity contribution in [3.8, 4) is 10.7 Å². The summed E-state index contributed by atoms with van der Waals surface area (Å²) in [4.78, 5) is 13.4. The largest absolute Gasteiger partial charge is 0.325 e. The summed E-state index contributed by atoms with van der Waals surface area (Å²) in [7, 11) is 0. The number of rotatable bonds is 7. The zero-order valence-electron chi connectivity index (χ0n) is 15.5. The third-order valence-electron chi connectivity index (χ3n) is 3.98. The lowest BCUT2D eigenvalue weighted by Gasteiger charge is -2.08. The molecular weight excluding hydrogens is 425 g/mol. The molecule has 29 heavy (non-hydrogen) atoms.